The molecule has 200 valence electrons. The summed E-state index contributed by atoms with van der Waals surface area (Å²) in [4.78, 5) is 34.2. The smallest absolute Gasteiger partial charge is 0.251 e. The van der Waals surface area contributed by atoms with E-state index >= 15 is 0 Å². The van der Waals surface area contributed by atoms with Crippen LogP contribution in [0.2, 0.25) is 0 Å². The predicted molar refractivity (Wildman–Crippen MR) is 153 cm³/mol. The van der Waals surface area contributed by atoms with E-state index in [9.17, 15) is 4.79 Å². The SMILES string of the molecule is [C-]#[N+]c1cc(C(C)C)c2oc(-c3ccc(C(=O)NCC4CCN(c5ccnc(N(C)C)n5)CC4)cc3)nc2c1. The zero-order chi connectivity index (χ0) is 27.5. The molecule has 5 rings (SSSR count). The van der Waals surface area contributed by atoms with E-state index in [4.69, 9.17) is 11.0 Å². The lowest BCUT2D eigenvalue weighted by atomic mass is 9.96. The fraction of sp³-hybridized carbons (Fsp3) is 0.367. The summed E-state index contributed by atoms with van der Waals surface area (Å²) in [5.74, 6) is 2.68. The molecular weight excluding hydrogens is 490 g/mol. The molecule has 1 fully saturated rings. The van der Waals surface area contributed by atoms with Crippen molar-refractivity contribution < 1.29 is 9.21 Å². The molecule has 4 aromatic rings. The molecule has 2 aromatic carbocycles. The lowest BCUT2D eigenvalue weighted by Gasteiger charge is -2.33. The van der Waals surface area contributed by atoms with Gasteiger partial charge in [0.15, 0.2) is 11.3 Å². The Morgan fingerprint density at radius 2 is 1.90 bits per heavy atom. The van der Waals surface area contributed by atoms with E-state index in [1.165, 1.54) is 0 Å². The van der Waals surface area contributed by atoms with Crippen molar-refractivity contribution in [1.82, 2.24) is 20.3 Å². The minimum Gasteiger partial charge on any atom is -0.436 e. The van der Waals surface area contributed by atoms with Crippen molar-refractivity contribution in [2.75, 3.05) is 43.5 Å². The highest BCUT2D eigenvalue weighted by Crippen LogP contribution is 2.34. The molecule has 0 saturated carbocycles. The minimum atomic E-state index is -0.0863. The number of fused-ring (bicyclic) bond motifs is 1. The lowest BCUT2D eigenvalue weighted by Crippen LogP contribution is -2.39. The molecule has 1 aliphatic heterocycles. The fourth-order valence-corrected chi connectivity index (χ4v) is 4.86. The molecule has 0 spiro atoms. The monoisotopic (exact) mass is 523 g/mol. The van der Waals surface area contributed by atoms with Crippen LogP contribution in [0, 0.1) is 12.5 Å². The summed E-state index contributed by atoms with van der Waals surface area (Å²) in [7, 11) is 3.87. The number of rotatable bonds is 7. The molecule has 0 bridgehead atoms. The van der Waals surface area contributed by atoms with Crippen LogP contribution in [0.15, 0.2) is 53.1 Å². The van der Waals surface area contributed by atoms with Crippen molar-refractivity contribution in [3.8, 4) is 11.5 Å². The van der Waals surface area contributed by atoms with Crippen LogP contribution in [0.1, 0.15) is 48.5 Å². The number of carbonyl (C=O) groups excluding carboxylic acids is 1. The van der Waals surface area contributed by atoms with Crippen LogP contribution in [0.4, 0.5) is 17.5 Å². The van der Waals surface area contributed by atoms with Gasteiger partial charge >= 0.3 is 0 Å². The van der Waals surface area contributed by atoms with Crippen molar-refractivity contribution in [1.29, 1.82) is 0 Å². The van der Waals surface area contributed by atoms with Gasteiger partial charge in [-0.2, -0.15) is 4.98 Å². The number of hydrogen-bond acceptors (Lipinski definition) is 7. The highest BCUT2D eigenvalue weighted by molar-refractivity contribution is 5.94. The standard InChI is InChI=1S/C30H33N7O2/c1-19(2)24-16-23(31-3)17-25-27(24)39-29(34-25)22-8-6-21(7-9-22)28(38)33-18-20-11-14-37(15-12-20)26-10-13-32-30(35-26)36(4)5/h6-10,13,16-17,19-20H,11-12,14-15,18H2,1-2,4-5H3,(H,33,38). The fourth-order valence-electron chi connectivity index (χ4n) is 4.86. The number of piperidine rings is 1. The second-order valence-electron chi connectivity index (χ2n) is 10.5. The van der Waals surface area contributed by atoms with Crippen molar-refractivity contribution >= 4 is 34.5 Å². The van der Waals surface area contributed by atoms with Gasteiger partial charge in [0.25, 0.3) is 5.91 Å². The Labute approximate surface area is 228 Å². The molecule has 1 N–H and O–H groups in total. The zero-order valence-corrected chi connectivity index (χ0v) is 22.8. The molecule has 3 heterocycles. The first-order chi connectivity index (χ1) is 18.8. The van der Waals surface area contributed by atoms with E-state index in [0.717, 1.165) is 42.9 Å². The molecule has 0 atom stereocenters. The molecule has 1 amide bonds. The van der Waals surface area contributed by atoms with Crippen LogP contribution in [-0.2, 0) is 0 Å². The maximum Gasteiger partial charge on any atom is 0.251 e. The summed E-state index contributed by atoms with van der Waals surface area (Å²) < 4.78 is 6.10. The van der Waals surface area contributed by atoms with E-state index in [1.54, 1.807) is 24.4 Å². The Bertz CT molecular complexity index is 1510. The Balaban J connectivity index is 1.18. The third kappa shape index (κ3) is 5.70. The lowest BCUT2D eigenvalue weighted by molar-refractivity contribution is 0.0945. The maximum atomic E-state index is 12.8. The Morgan fingerprint density at radius 1 is 1.15 bits per heavy atom. The van der Waals surface area contributed by atoms with E-state index in [0.29, 0.717) is 46.7 Å². The number of oxazole rings is 1. The number of anilines is 2. The van der Waals surface area contributed by atoms with Crippen LogP contribution < -0.4 is 15.1 Å². The summed E-state index contributed by atoms with van der Waals surface area (Å²) in [6, 6.07) is 12.9. The van der Waals surface area contributed by atoms with Crippen LogP contribution >= 0.6 is 0 Å². The van der Waals surface area contributed by atoms with Crippen molar-refractivity contribution in [2.45, 2.75) is 32.6 Å². The van der Waals surface area contributed by atoms with Gasteiger partial charge < -0.3 is 19.5 Å². The van der Waals surface area contributed by atoms with Crippen LogP contribution in [0.25, 0.3) is 27.4 Å². The quantitative estimate of drug-likeness (QED) is 0.312. The van der Waals surface area contributed by atoms with Gasteiger partial charge in [0.2, 0.25) is 11.8 Å². The highest BCUT2D eigenvalue weighted by atomic mass is 16.3. The minimum absolute atomic E-state index is 0.0863. The summed E-state index contributed by atoms with van der Waals surface area (Å²) in [5, 5.41) is 3.10. The molecule has 0 unspecified atom stereocenters. The van der Waals surface area contributed by atoms with Gasteiger partial charge in [-0.1, -0.05) is 13.8 Å². The Kier molecular flexibility index (Phi) is 7.46. The normalized spacial score (nSPS) is 14.0. The average Bonchev–Trinajstić information content (AvgIpc) is 3.40. The van der Waals surface area contributed by atoms with E-state index < -0.39 is 0 Å². The maximum absolute atomic E-state index is 12.8. The van der Waals surface area contributed by atoms with E-state index in [-0.39, 0.29) is 11.8 Å². The third-order valence-electron chi connectivity index (χ3n) is 7.17. The third-order valence-corrected chi connectivity index (χ3v) is 7.17. The summed E-state index contributed by atoms with van der Waals surface area (Å²) in [6.45, 7) is 14.0. The van der Waals surface area contributed by atoms with E-state index in [1.807, 2.05) is 43.3 Å². The second-order valence-corrected chi connectivity index (χ2v) is 10.5. The molecule has 0 radical (unpaired) electrons. The molecular formula is C30H33N7O2. The van der Waals surface area contributed by atoms with Gasteiger partial charge in [-0.15, -0.1) is 0 Å². The molecule has 9 nitrogen and oxygen atoms in total. The number of nitrogens with one attached hydrogen (secondary N) is 1. The first-order valence-corrected chi connectivity index (χ1v) is 13.3. The van der Waals surface area contributed by atoms with Crippen LogP contribution in [-0.4, -0.2) is 54.6 Å². The number of carbonyl (C=O) groups is 1. The van der Waals surface area contributed by atoms with Crippen molar-refractivity contribution in [3.05, 3.63) is 71.2 Å². The molecule has 9 heteroatoms. The van der Waals surface area contributed by atoms with Gasteiger partial charge in [0.1, 0.15) is 5.82 Å². The molecule has 0 aliphatic carbocycles. The van der Waals surface area contributed by atoms with Gasteiger partial charge in [0, 0.05) is 51.1 Å². The Morgan fingerprint density at radius 3 is 2.56 bits per heavy atom. The molecule has 39 heavy (non-hydrogen) atoms. The molecule has 2 aromatic heterocycles. The van der Waals surface area contributed by atoms with Gasteiger partial charge in [0.05, 0.1) is 12.1 Å². The summed E-state index contributed by atoms with van der Waals surface area (Å²) >= 11 is 0. The van der Waals surface area contributed by atoms with Crippen molar-refractivity contribution in [2.24, 2.45) is 5.92 Å². The largest absolute Gasteiger partial charge is 0.436 e. The van der Waals surface area contributed by atoms with Gasteiger partial charge in [-0.25, -0.2) is 14.8 Å². The Hall–Kier alpha value is -4.45. The second kappa shape index (κ2) is 11.1. The van der Waals surface area contributed by atoms with Crippen LogP contribution in [0.3, 0.4) is 0 Å². The topological polar surface area (TPSA) is 91.8 Å². The number of benzene rings is 2. The molecule has 1 saturated heterocycles. The first-order valence-electron chi connectivity index (χ1n) is 13.3. The predicted octanol–water partition coefficient (Wildman–Crippen LogP) is 5.67. The van der Waals surface area contributed by atoms with E-state index in [2.05, 4.69) is 43.9 Å². The number of hydrogen-bond donors (Lipinski definition) is 1. The zero-order valence-electron chi connectivity index (χ0n) is 22.8. The highest BCUT2D eigenvalue weighted by Gasteiger charge is 2.22. The number of amides is 1. The van der Waals surface area contributed by atoms with Crippen LogP contribution in [0.5, 0.6) is 0 Å². The molecule has 1 aliphatic rings. The summed E-state index contributed by atoms with van der Waals surface area (Å²) in [5.41, 5.74) is 4.29. The average molecular weight is 524 g/mol. The van der Waals surface area contributed by atoms with Crippen molar-refractivity contribution in [3.63, 3.8) is 0 Å². The van der Waals surface area contributed by atoms with Gasteiger partial charge in [-0.05, 0) is 72.7 Å². The first kappa shape index (κ1) is 26.2. The number of aromatic nitrogens is 3. The van der Waals surface area contributed by atoms with Gasteiger partial charge in [-0.3, -0.25) is 4.79 Å². The number of nitrogens with zero attached hydrogens (tertiary/aromatic N) is 6. The summed E-state index contributed by atoms with van der Waals surface area (Å²) in [6.07, 6.45) is 3.78.